The molecule has 2 aromatic heterocycles. The van der Waals surface area contributed by atoms with Gasteiger partial charge in [-0.15, -0.1) is 0 Å². The van der Waals surface area contributed by atoms with Crippen molar-refractivity contribution in [1.82, 2.24) is 20.3 Å². The summed E-state index contributed by atoms with van der Waals surface area (Å²) in [7, 11) is 0. The van der Waals surface area contributed by atoms with Gasteiger partial charge in [-0.25, -0.2) is 4.98 Å². The van der Waals surface area contributed by atoms with Gasteiger partial charge in [-0.1, -0.05) is 11.6 Å². The Morgan fingerprint density at radius 2 is 2.00 bits per heavy atom. The van der Waals surface area contributed by atoms with Crippen molar-refractivity contribution in [3.63, 3.8) is 0 Å². The molecule has 0 aromatic carbocycles. The zero-order chi connectivity index (χ0) is 11.0. The van der Waals surface area contributed by atoms with Crippen molar-refractivity contribution in [2.24, 2.45) is 0 Å². The van der Waals surface area contributed by atoms with Crippen molar-refractivity contribution in [2.75, 3.05) is 31.1 Å². The van der Waals surface area contributed by atoms with Crippen molar-refractivity contribution in [3.8, 4) is 0 Å². The van der Waals surface area contributed by atoms with E-state index in [2.05, 4.69) is 25.2 Å². The summed E-state index contributed by atoms with van der Waals surface area (Å²) in [6.07, 6.45) is 0. The predicted molar refractivity (Wildman–Crippen MR) is 64.0 cm³/mol. The summed E-state index contributed by atoms with van der Waals surface area (Å²) in [5.74, 6) is 0.881. The van der Waals surface area contributed by atoms with Crippen LogP contribution < -0.4 is 10.2 Å². The molecule has 0 radical (unpaired) electrons. The molecule has 1 aliphatic rings. The fourth-order valence-electron chi connectivity index (χ4n) is 1.88. The Morgan fingerprint density at radius 3 is 2.81 bits per heavy atom. The first-order valence-corrected chi connectivity index (χ1v) is 5.69. The van der Waals surface area contributed by atoms with E-state index in [1.807, 2.05) is 6.07 Å². The van der Waals surface area contributed by atoms with E-state index in [0.29, 0.717) is 10.8 Å². The first-order valence-electron chi connectivity index (χ1n) is 5.31. The van der Waals surface area contributed by atoms with Gasteiger partial charge in [0.25, 0.3) is 0 Å². The zero-order valence-corrected chi connectivity index (χ0v) is 9.46. The highest BCUT2D eigenvalue weighted by molar-refractivity contribution is 6.29. The second-order valence-electron chi connectivity index (χ2n) is 3.80. The van der Waals surface area contributed by atoms with Crippen molar-refractivity contribution in [2.45, 2.75) is 0 Å². The second kappa shape index (κ2) is 3.92. The van der Waals surface area contributed by atoms with Gasteiger partial charge in [0.2, 0.25) is 5.95 Å². The van der Waals surface area contributed by atoms with Crippen LogP contribution in [0.3, 0.4) is 0 Å². The number of aromatic nitrogens is 3. The van der Waals surface area contributed by atoms with E-state index in [9.17, 15) is 0 Å². The standard InChI is InChI=1S/C10H12ClN5/c11-8-2-1-7-9(14-8)15-10(13-7)16-5-3-12-4-6-16/h1-2,12H,3-6H2,(H,13,14,15). The lowest BCUT2D eigenvalue weighted by atomic mass is 10.4. The average molecular weight is 238 g/mol. The summed E-state index contributed by atoms with van der Waals surface area (Å²) >= 11 is 5.83. The molecule has 0 unspecified atom stereocenters. The number of nitrogens with zero attached hydrogens (tertiary/aromatic N) is 3. The number of pyridine rings is 1. The van der Waals surface area contributed by atoms with Crippen LogP contribution in [0, 0.1) is 0 Å². The normalized spacial score (nSPS) is 16.9. The maximum Gasteiger partial charge on any atom is 0.205 e. The maximum atomic E-state index is 5.83. The Labute approximate surface area is 97.8 Å². The van der Waals surface area contributed by atoms with Gasteiger partial charge in [-0.3, -0.25) is 0 Å². The smallest absolute Gasteiger partial charge is 0.205 e. The van der Waals surface area contributed by atoms with Crippen LogP contribution in [0.5, 0.6) is 0 Å². The maximum absolute atomic E-state index is 5.83. The lowest BCUT2D eigenvalue weighted by molar-refractivity contribution is 0.582. The summed E-state index contributed by atoms with van der Waals surface area (Å²) in [4.78, 5) is 14.1. The number of nitrogens with one attached hydrogen (secondary N) is 2. The number of aromatic amines is 1. The fraction of sp³-hybridized carbons (Fsp3) is 0.400. The average Bonchev–Trinajstić information content (AvgIpc) is 2.73. The Morgan fingerprint density at radius 1 is 1.19 bits per heavy atom. The topological polar surface area (TPSA) is 56.8 Å². The minimum atomic E-state index is 0.478. The number of anilines is 1. The van der Waals surface area contributed by atoms with Gasteiger partial charge >= 0.3 is 0 Å². The molecule has 1 fully saturated rings. The van der Waals surface area contributed by atoms with Gasteiger partial charge in [0.1, 0.15) is 5.15 Å². The van der Waals surface area contributed by atoms with Crippen LogP contribution in [0.25, 0.3) is 11.2 Å². The number of piperazine rings is 1. The quantitative estimate of drug-likeness (QED) is 0.728. The summed E-state index contributed by atoms with van der Waals surface area (Å²) in [6.45, 7) is 3.91. The molecular formula is C10H12ClN5. The molecule has 0 bridgehead atoms. The van der Waals surface area contributed by atoms with Crippen LogP contribution in [0.4, 0.5) is 5.95 Å². The monoisotopic (exact) mass is 237 g/mol. The Balaban J connectivity index is 1.97. The highest BCUT2D eigenvalue weighted by Gasteiger charge is 2.14. The lowest BCUT2D eigenvalue weighted by Gasteiger charge is -2.26. The van der Waals surface area contributed by atoms with Gasteiger partial charge in [0, 0.05) is 26.2 Å². The summed E-state index contributed by atoms with van der Waals surface area (Å²) in [6, 6.07) is 3.67. The highest BCUT2D eigenvalue weighted by atomic mass is 35.5. The van der Waals surface area contributed by atoms with Crippen molar-refractivity contribution < 1.29 is 0 Å². The van der Waals surface area contributed by atoms with Crippen molar-refractivity contribution >= 4 is 28.7 Å². The van der Waals surface area contributed by atoms with Gasteiger partial charge in [0.15, 0.2) is 5.65 Å². The number of fused-ring (bicyclic) bond motifs is 1. The fourth-order valence-corrected chi connectivity index (χ4v) is 2.03. The first kappa shape index (κ1) is 9.86. The number of rotatable bonds is 1. The van der Waals surface area contributed by atoms with Gasteiger partial charge in [0.05, 0.1) is 5.52 Å². The van der Waals surface area contributed by atoms with Crippen LogP contribution in [-0.2, 0) is 0 Å². The number of imidazole rings is 1. The third kappa shape index (κ3) is 1.72. The number of H-pyrrole nitrogens is 1. The molecule has 1 aliphatic heterocycles. The molecule has 0 atom stereocenters. The van der Waals surface area contributed by atoms with Crippen LogP contribution in [-0.4, -0.2) is 41.1 Å². The van der Waals surface area contributed by atoms with Gasteiger partial charge < -0.3 is 15.2 Å². The molecule has 3 heterocycles. The Hall–Kier alpha value is -1.33. The van der Waals surface area contributed by atoms with E-state index in [4.69, 9.17) is 11.6 Å². The Bertz CT molecular complexity index is 503. The first-order chi connectivity index (χ1) is 7.83. The molecule has 6 heteroatoms. The number of hydrogen-bond donors (Lipinski definition) is 2. The Kier molecular flexibility index (Phi) is 2.41. The summed E-state index contributed by atoms with van der Waals surface area (Å²) in [5.41, 5.74) is 1.61. The van der Waals surface area contributed by atoms with Crippen LogP contribution in [0.15, 0.2) is 12.1 Å². The summed E-state index contributed by atoms with van der Waals surface area (Å²) < 4.78 is 0. The van der Waals surface area contributed by atoms with E-state index in [1.165, 1.54) is 0 Å². The molecule has 2 N–H and O–H groups in total. The number of hydrogen-bond acceptors (Lipinski definition) is 4. The molecule has 5 nitrogen and oxygen atoms in total. The molecule has 0 amide bonds. The molecule has 3 rings (SSSR count). The van der Waals surface area contributed by atoms with E-state index in [-0.39, 0.29) is 0 Å². The molecule has 84 valence electrons. The van der Waals surface area contributed by atoms with Crippen LogP contribution >= 0.6 is 11.6 Å². The second-order valence-corrected chi connectivity index (χ2v) is 4.19. The predicted octanol–water partition coefficient (Wildman–Crippen LogP) is 1.02. The minimum absolute atomic E-state index is 0.478. The molecule has 16 heavy (non-hydrogen) atoms. The van der Waals surface area contributed by atoms with E-state index in [0.717, 1.165) is 37.6 Å². The van der Waals surface area contributed by atoms with Crippen LogP contribution in [0.2, 0.25) is 5.15 Å². The molecule has 0 spiro atoms. The van der Waals surface area contributed by atoms with Crippen molar-refractivity contribution in [1.29, 1.82) is 0 Å². The van der Waals surface area contributed by atoms with E-state index in [1.54, 1.807) is 6.07 Å². The van der Waals surface area contributed by atoms with E-state index >= 15 is 0 Å². The third-order valence-corrected chi connectivity index (χ3v) is 2.93. The highest BCUT2D eigenvalue weighted by Crippen LogP contribution is 2.18. The van der Waals surface area contributed by atoms with Gasteiger partial charge in [-0.2, -0.15) is 4.98 Å². The molecule has 0 saturated carbocycles. The molecule has 0 aliphatic carbocycles. The molecule has 1 saturated heterocycles. The molecular weight excluding hydrogens is 226 g/mol. The van der Waals surface area contributed by atoms with Gasteiger partial charge in [-0.05, 0) is 12.1 Å². The van der Waals surface area contributed by atoms with Crippen LogP contribution in [0.1, 0.15) is 0 Å². The zero-order valence-electron chi connectivity index (χ0n) is 8.70. The minimum Gasteiger partial charge on any atom is -0.340 e. The SMILES string of the molecule is Clc1ccc2[nH]c(N3CCNCC3)nc2n1. The number of halogens is 1. The van der Waals surface area contributed by atoms with E-state index < -0.39 is 0 Å². The largest absolute Gasteiger partial charge is 0.340 e. The van der Waals surface area contributed by atoms with Crippen molar-refractivity contribution in [3.05, 3.63) is 17.3 Å². The molecule has 2 aromatic rings. The third-order valence-electron chi connectivity index (χ3n) is 2.72. The summed E-state index contributed by atoms with van der Waals surface area (Å²) in [5, 5.41) is 3.78. The lowest BCUT2D eigenvalue weighted by Crippen LogP contribution is -2.44.